The summed E-state index contributed by atoms with van der Waals surface area (Å²) in [6.45, 7) is 3.96. The van der Waals surface area contributed by atoms with Crippen molar-refractivity contribution in [2.45, 2.75) is 38.1 Å². The smallest absolute Gasteiger partial charge is 0.230 e. The first-order chi connectivity index (χ1) is 12.1. The van der Waals surface area contributed by atoms with Crippen LogP contribution in [0.25, 0.3) is 0 Å². The van der Waals surface area contributed by atoms with Crippen LogP contribution < -0.4 is 10.6 Å². The molecule has 2 N–H and O–H groups in total. The van der Waals surface area contributed by atoms with Crippen LogP contribution in [0.1, 0.15) is 32.1 Å². The van der Waals surface area contributed by atoms with Gasteiger partial charge >= 0.3 is 0 Å². The first-order valence-electron chi connectivity index (χ1n) is 9.14. The van der Waals surface area contributed by atoms with E-state index >= 15 is 0 Å². The summed E-state index contributed by atoms with van der Waals surface area (Å²) in [7, 11) is 0. The molecule has 0 unspecified atom stereocenters. The standard InChI is InChI=1S/C18H25ClN4O2/c19-15-10-13(20)11-21-16(15)22-6-1-4-18(12-22)5-7-23(17(18)24)14-2-8-25-9-3-14/h10-11,14H,1-9,12,20H2/t18-/m1/s1. The predicted molar refractivity (Wildman–Crippen MR) is 97.7 cm³/mol. The van der Waals surface area contributed by atoms with Gasteiger partial charge in [-0.25, -0.2) is 4.98 Å². The highest BCUT2D eigenvalue weighted by atomic mass is 35.5. The Morgan fingerprint density at radius 1 is 1.28 bits per heavy atom. The molecule has 0 aliphatic carbocycles. The van der Waals surface area contributed by atoms with E-state index in [2.05, 4.69) is 14.8 Å². The average Bonchev–Trinajstić information content (AvgIpc) is 2.92. The van der Waals surface area contributed by atoms with Crippen LogP contribution in [0.3, 0.4) is 0 Å². The number of piperidine rings is 1. The topological polar surface area (TPSA) is 71.7 Å². The number of pyridine rings is 1. The van der Waals surface area contributed by atoms with Crippen molar-refractivity contribution in [2.75, 3.05) is 43.5 Å². The average molecular weight is 365 g/mol. The minimum absolute atomic E-state index is 0.289. The highest BCUT2D eigenvalue weighted by Crippen LogP contribution is 2.43. The minimum atomic E-state index is -0.289. The summed E-state index contributed by atoms with van der Waals surface area (Å²) in [5, 5.41) is 0.559. The van der Waals surface area contributed by atoms with E-state index in [1.165, 1.54) is 0 Å². The Labute approximate surface area is 153 Å². The molecule has 1 atom stereocenters. The zero-order chi connectivity index (χ0) is 17.4. The number of aromatic nitrogens is 1. The Balaban J connectivity index is 1.53. The number of hydrogen-bond acceptors (Lipinski definition) is 5. The second-order valence-corrected chi connectivity index (χ2v) is 7.88. The molecule has 0 bridgehead atoms. The van der Waals surface area contributed by atoms with Crippen LogP contribution in [-0.4, -0.2) is 54.7 Å². The van der Waals surface area contributed by atoms with Gasteiger partial charge in [-0.3, -0.25) is 4.79 Å². The Morgan fingerprint density at radius 2 is 2.08 bits per heavy atom. The van der Waals surface area contributed by atoms with E-state index in [0.717, 1.165) is 64.2 Å². The minimum Gasteiger partial charge on any atom is -0.397 e. The normalized spacial score (nSPS) is 28.1. The number of ether oxygens (including phenoxy) is 1. The molecular weight excluding hydrogens is 340 g/mol. The molecule has 6 nitrogen and oxygen atoms in total. The molecule has 4 heterocycles. The zero-order valence-electron chi connectivity index (χ0n) is 14.4. The molecule has 3 aliphatic rings. The number of carbonyl (C=O) groups is 1. The molecule has 3 fully saturated rings. The largest absolute Gasteiger partial charge is 0.397 e. The van der Waals surface area contributed by atoms with Gasteiger partial charge in [0.1, 0.15) is 5.82 Å². The molecule has 4 rings (SSSR count). The molecule has 1 spiro atoms. The maximum absolute atomic E-state index is 13.3. The number of amides is 1. The van der Waals surface area contributed by atoms with Crippen molar-refractivity contribution in [3.63, 3.8) is 0 Å². The van der Waals surface area contributed by atoms with Gasteiger partial charge in [-0.15, -0.1) is 0 Å². The molecule has 0 saturated carbocycles. The molecule has 3 aliphatic heterocycles. The van der Waals surface area contributed by atoms with E-state index in [9.17, 15) is 4.79 Å². The SMILES string of the molecule is Nc1cnc(N2CCC[C@@]3(CCN(C4CCOCC4)C3=O)C2)c(Cl)c1. The molecule has 1 amide bonds. The predicted octanol–water partition coefficient (Wildman–Crippen LogP) is 2.32. The number of carbonyl (C=O) groups excluding carboxylic acids is 1. The number of rotatable bonds is 2. The van der Waals surface area contributed by atoms with E-state index in [-0.39, 0.29) is 5.41 Å². The van der Waals surface area contributed by atoms with Gasteiger partial charge in [0.05, 0.1) is 22.3 Å². The van der Waals surface area contributed by atoms with E-state index in [1.807, 2.05) is 0 Å². The van der Waals surface area contributed by atoms with Gasteiger partial charge in [-0.1, -0.05) is 11.6 Å². The molecule has 136 valence electrons. The summed E-state index contributed by atoms with van der Waals surface area (Å²) in [4.78, 5) is 22.0. The molecule has 7 heteroatoms. The Kier molecular flexibility index (Phi) is 4.50. The van der Waals surface area contributed by atoms with Crippen molar-refractivity contribution < 1.29 is 9.53 Å². The van der Waals surface area contributed by atoms with E-state index in [0.29, 0.717) is 29.2 Å². The third-order valence-corrected chi connectivity index (χ3v) is 6.17. The number of likely N-dealkylation sites (tertiary alicyclic amines) is 1. The number of nitrogens with zero attached hydrogens (tertiary/aromatic N) is 3. The van der Waals surface area contributed by atoms with E-state index in [4.69, 9.17) is 22.1 Å². The maximum Gasteiger partial charge on any atom is 0.230 e. The second kappa shape index (κ2) is 6.65. The summed E-state index contributed by atoms with van der Waals surface area (Å²) in [6.07, 6.45) is 6.40. The van der Waals surface area contributed by atoms with Crippen LogP contribution in [0, 0.1) is 5.41 Å². The Hall–Kier alpha value is -1.53. The van der Waals surface area contributed by atoms with Crippen molar-refractivity contribution in [3.05, 3.63) is 17.3 Å². The number of nitrogens with two attached hydrogens (primary N) is 1. The molecule has 1 aromatic heterocycles. The third kappa shape index (κ3) is 3.06. The highest BCUT2D eigenvalue weighted by molar-refractivity contribution is 6.33. The molecule has 1 aromatic rings. The van der Waals surface area contributed by atoms with Gasteiger partial charge in [0.25, 0.3) is 0 Å². The van der Waals surface area contributed by atoms with Crippen molar-refractivity contribution in [1.82, 2.24) is 9.88 Å². The summed E-state index contributed by atoms with van der Waals surface area (Å²) in [6, 6.07) is 2.07. The fourth-order valence-corrected chi connectivity index (χ4v) is 4.86. The zero-order valence-corrected chi connectivity index (χ0v) is 15.2. The quantitative estimate of drug-likeness (QED) is 0.871. The molecular formula is C18H25ClN4O2. The fourth-order valence-electron chi connectivity index (χ4n) is 4.56. The van der Waals surface area contributed by atoms with Crippen molar-refractivity contribution in [2.24, 2.45) is 5.41 Å². The number of nitrogen functional groups attached to an aromatic ring is 1. The lowest BCUT2D eigenvalue weighted by Gasteiger charge is -2.41. The van der Waals surface area contributed by atoms with Crippen LogP contribution in [0.4, 0.5) is 11.5 Å². The number of anilines is 2. The summed E-state index contributed by atoms with van der Waals surface area (Å²) < 4.78 is 5.45. The lowest BCUT2D eigenvalue weighted by molar-refractivity contribution is -0.139. The van der Waals surface area contributed by atoms with E-state index in [1.54, 1.807) is 12.3 Å². The van der Waals surface area contributed by atoms with Gasteiger partial charge < -0.3 is 20.3 Å². The van der Waals surface area contributed by atoms with Gasteiger partial charge in [-0.2, -0.15) is 0 Å². The third-order valence-electron chi connectivity index (χ3n) is 5.90. The number of hydrogen-bond donors (Lipinski definition) is 1. The highest BCUT2D eigenvalue weighted by Gasteiger charge is 2.50. The van der Waals surface area contributed by atoms with Crippen molar-refractivity contribution in [1.29, 1.82) is 0 Å². The summed E-state index contributed by atoms with van der Waals surface area (Å²) in [5.74, 6) is 1.06. The first kappa shape index (κ1) is 16.9. The summed E-state index contributed by atoms with van der Waals surface area (Å²) in [5.41, 5.74) is 6.03. The maximum atomic E-state index is 13.3. The Morgan fingerprint density at radius 3 is 2.84 bits per heavy atom. The molecule has 25 heavy (non-hydrogen) atoms. The molecule has 3 saturated heterocycles. The van der Waals surface area contributed by atoms with E-state index < -0.39 is 0 Å². The van der Waals surface area contributed by atoms with Crippen LogP contribution >= 0.6 is 11.6 Å². The van der Waals surface area contributed by atoms with Gasteiger partial charge in [0.2, 0.25) is 5.91 Å². The van der Waals surface area contributed by atoms with Gasteiger partial charge in [-0.05, 0) is 38.2 Å². The van der Waals surface area contributed by atoms with Crippen LogP contribution in [0.2, 0.25) is 5.02 Å². The monoisotopic (exact) mass is 364 g/mol. The van der Waals surface area contributed by atoms with Crippen molar-refractivity contribution >= 4 is 29.0 Å². The van der Waals surface area contributed by atoms with Crippen molar-refractivity contribution in [3.8, 4) is 0 Å². The van der Waals surface area contributed by atoms with Crippen LogP contribution in [0.15, 0.2) is 12.3 Å². The number of halogens is 1. The molecule has 0 radical (unpaired) electrons. The first-order valence-corrected chi connectivity index (χ1v) is 9.52. The lowest BCUT2D eigenvalue weighted by Crippen LogP contribution is -2.50. The lowest BCUT2D eigenvalue weighted by atomic mass is 9.78. The van der Waals surface area contributed by atoms with Gasteiger partial charge in [0.15, 0.2) is 0 Å². The fraction of sp³-hybridized carbons (Fsp3) is 0.667. The van der Waals surface area contributed by atoms with Crippen LogP contribution in [-0.2, 0) is 9.53 Å². The van der Waals surface area contributed by atoms with Crippen LogP contribution in [0.5, 0.6) is 0 Å². The van der Waals surface area contributed by atoms with Gasteiger partial charge in [0, 0.05) is 38.9 Å². The molecule has 0 aromatic carbocycles. The Bertz CT molecular complexity index is 664. The second-order valence-electron chi connectivity index (χ2n) is 7.47. The summed E-state index contributed by atoms with van der Waals surface area (Å²) >= 11 is 6.35.